The number of ether oxygens (including phenoxy) is 4. The van der Waals surface area contributed by atoms with Gasteiger partial charge in [0.15, 0.2) is 23.0 Å². The largest absolute Gasteiger partial charge is 0.454 e. The van der Waals surface area contributed by atoms with Crippen LogP contribution in [0.4, 0.5) is 0 Å². The van der Waals surface area contributed by atoms with E-state index in [1.54, 1.807) is 19.6 Å². The molecule has 2 saturated heterocycles. The molecule has 4 aliphatic rings. The van der Waals surface area contributed by atoms with Crippen molar-refractivity contribution in [2.45, 2.75) is 13.1 Å². The first-order valence-electron chi connectivity index (χ1n) is 12.4. The lowest BCUT2D eigenvalue weighted by molar-refractivity contribution is -1.13. The second kappa shape index (κ2) is 9.38. The van der Waals surface area contributed by atoms with Crippen LogP contribution in [0.3, 0.4) is 0 Å². The summed E-state index contributed by atoms with van der Waals surface area (Å²) in [5, 5.41) is 0. The van der Waals surface area contributed by atoms with Crippen LogP contribution >= 0.6 is 0 Å². The average molecular weight is 457 g/mol. The summed E-state index contributed by atoms with van der Waals surface area (Å²) in [7, 11) is 0. The first kappa shape index (κ1) is 21.0. The van der Waals surface area contributed by atoms with Crippen LogP contribution in [0.2, 0.25) is 0 Å². The number of hydrogen-bond donors (Lipinski definition) is 4. The third-order valence-corrected chi connectivity index (χ3v) is 7.61. The number of fused-ring (bicyclic) bond motifs is 2. The van der Waals surface area contributed by atoms with Gasteiger partial charge in [0.05, 0.1) is 0 Å². The van der Waals surface area contributed by atoms with E-state index in [1.165, 1.54) is 70.2 Å². The summed E-state index contributed by atoms with van der Waals surface area (Å²) in [6.07, 6.45) is 0. The van der Waals surface area contributed by atoms with E-state index in [2.05, 4.69) is 36.4 Å². The van der Waals surface area contributed by atoms with Crippen LogP contribution in [0, 0.1) is 0 Å². The van der Waals surface area contributed by atoms with Gasteiger partial charge in [0.1, 0.15) is 65.4 Å². The van der Waals surface area contributed by atoms with Crippen molar-refractivity contribution in [1.29, 1.82) is 0 Å². The highest BCUT2D eigenvalue weighted by molar-refractivity contribution is 5.45. The lowest BCUT2D eigenvalue weighted by Crippen LogP contribution is -3.39. The summed E-state index contributed by atoms with van der Waals surface area (Å²) in [4.78, 5) is 6.92. The second-order valence-electron chi connectivity index (χ2n) is 9.91. The topological polar surface area (TPSA) is 54.7 Å². The minimum Gasteiger partial charge on any atom is -0.454 e. The van der Waals surface area contributed by atoms with Crippen LogP contribution in [0.25, 0.3) is 0 Å². The van der Waals surface area contributed by atoms with Gasteiger partial charge in [0.25, 0.3) is 0 Å². The fourth-order valence-corrected chi connectivity index (χ4v) is 5.65. The third-order valence-electron chi connectivity index (χ3n) is 7.61. The van der Waals surface area contributed by atoms with Crippen LogP contribution in [-0.2, 0) is 13.1 Å². The molecule has 2 fully saturated rings. The molecule has 176 valence electrons. The zero-order valence-electron chi connectivity index (χ0n) is 19.3. The Balaban J connectivity index is 0.921. The van der Waals surface area contributed by atoms with Gasteiger partial charge in [0, 0.05) is 11.1 Å². The Bertz CT molecular complexity index is 893. The van der Waals surface area contributed by atoms with Gasteiger partial charge < -0.3 is 28.7 Å². The molecular formula is C25H36N4O4+4. The molecule has 2 aromatic rings. The van der Waals surface area contributed by atoms with Crippen LogP contribution in [0.15, 0.2) is 36.4 Å². The lowest BCUT2D eigenvalue weighted by Gasteiger charge is -2.34. The molecule has 0 saturated carbocycles. The third kappa shape index (κ3) is 4.89. The standard InChI is InChI=1S/C25H32N4O4/c1-3-22-24(32-18-30-22)13-20(1)15-26-5-9-28(10-6-26)17-29-11-7-27(8-12-29)16-21-2-4-23-25(14-21)33-19-31-23/h1-4,13-14H,5-12,15-19H2/p+4. The van der Waals surface area contributed by atoms with Crippen molar-refractivity contribution in [3.05, 3.63) is 47.5 Å². The predicted molar refractivity (Wildman–Crippen MR) is 120 cm³/mol. The van der Waals surface area contributed by atoms with Gasteiger partial charge in [-0.05, 0) is 36.4 Å². The lowest BCUT2D eigenvalue weighted by atomic mass is 10.1. The van der Waals surface area contributed by atoms with E-state index in [4.69, 9.17) is 18.9 Å². The average Bonchev–Trinajstić information content (AvgIpc) is 3.50. The Morgan fingerprint density at radius 1 is 0.485 bits per heavy atom. The molecule has 0 amide bonds. The Morgan fingerprint density at radius 3 is 1.33 bits per heavy atom. The molecule has 8 nitrogen and oxygen atoms in total. The van der Waals surface area contributed by atoms with E-state index in [0.29, 0.717) is 13.6 Å². The first-order valence-corrected chi connectivity index (χ1v) is 12.4. The number of nitrogens with one attached hydrogen (secondary N) is 4. The highest BCUT2D eigenvalue weighted by Crippen LogP contribution is 2.33. The molecule has 4 heterocycles. The quantitative estimate of drug-likeness (QED) is 0.363. The maximum atomic E-state index is 5.54. The highest BCUT2D eigenvalue weighted by Gasteiger charge is 2.30. The van der Waals surface area contributed by atoms with Gasteiger partial charge in [-0.25, -0.2) is 0 Å². The fourth-order valence-electron chi connectivity index (χ4n) is 5.65. The van der Waals surface area contributed by atoms with Gasteiger partial charge in [-0.1, -0.05) is 0 Å². The molecule has 0 aliphatic carbocycles. The number of rotatable bonds is 6. The molecule has 4 aliphatic heterocycles. The molecule has 0 bridgehead atoms. The van der Waals surface area contributed by atoms with E-state index >= 15 is 0 Å². The number of hydrogen-bond acceptors (Lipinski definition) is 4. The number of benzene rings is 2. The molecule has 4 N–H and O–H groups in total. The highest BCUT2D eigenvalue weighted by atomic mass is 16.7. The van der Waals surface area contributed by atoms with Crippen molar-refractivity contribution in [2.75, 3.05) is 72.6 Å². The van der Waals surface area contributed by atoms with Gasteiger partial charge in [0.2, 0.25) is 20.3 Å². The van der Waals surface area contributed by atoms with Crippen molar-refractivity contribution >= 4 is 0 Å². The SMILES string of the molecule is c1cc2c(cc1C[NH+]1CC[NH+](C[NH+]3CC[NH+](Cc4ccc5c(c4)OCO5)CC3)CC1)OCO2. The van der Waals surface area contributed by atoms with E-state index in [0.717, 1.165) is 36.1 Å². The molecule has 0 atom stereocenters. The van der Waals surface area contributed by atoms with Crippen LogP contribution in [-0.4, -0.2) is 72.6 Å². The van der Waals surface area contributed by atoms with Crippen LogP contribution in [0.5, 0.6) is 23.0 Å². The van der Waals surface area contributed by atoms with Crippen molar-refractivity contribution in [1.82, 2.24) is 0 Å². The van der Waals surface area contributed by atoms with Crippen molar-refractivity contribution in [3.63, 3.8) is 0 Å². The summed E-state index contributed by atoms with van der Waals surface area (Å²) < 4.78 is 21.9. The fraction of sp³-hybridized carbons (Fsp3) is 0.520. The van der Waals surface area contributed by atoms with E-state index in [-0.39, 0.29) is 0 Å². The van der Waals surface area contributed by atoms with Crippen LogP contribution < -0.4 is 38.5 Å². The normalized spacial score (nSPS) is 28.1. The summed E-state index contributed by atoms with van der Waals surface area (Å²) in [6.45, 7) is 14.2. The van der Waals surface area contributed by atoms with E-state index in [9.17, 15) is 0 Å². The van der Waals surface area contributed by atoms with E-state index < -0.39 is 0 Å². The molecule has 0 aromatic heterocycles. The monoisotopic (exact) mass is 456 g/mol. The molecular weight excluding hydrogens is 420 g/mol. The Hall–Kier alpha value is -2.52. The predicted octanol–water partition coefficient (Wildman–Crippen LogP) is -3.63. The summed E-state index contributed by atoms with van der Waals surface area (Å²) in [5.41, 5.74) is 2.70. The van der Waals surface area contributed by atoms with Gasteiger partial charge >= 0.3 is 0 Å². The number of quaternary nitrogens is 4. The maximum absolute atomic E-state index is 5.54. The first-order chi connectivity index (χ1) is 16.3. The summed E-state index contributed by atoms with van der Waals surface area (Å²) in [5.74, 6) is 3.56. The molecule has 2 aromatic carbocycles. The molecule has 0 radical (unpaired) electrons. The zero-order chi connectivity index (χ0) is 22.0. The molecule has 8 heteroatoms. The smallest absolute Gasteiger partial charge is 0.231 e. The maximum Gasteiger partial charge on any atom is 0.231 e. The Labute approximate surface area is 195 Å². The molecule has 33 heavy (non-hydrogen) atoms. The zero-order valence-corrected chi connectivity index (χ0v) is 19.3. The van der Waals surface area contributed by atoms with Gasteiger partial charge in [-0.15, -0.1) is 0 Å². The Kier molecular flexibility index (Phi) is 5.98. The minimum absolute atomic E-state index is 0.351. The Morgan fingerprint density at radius 2 is 0.879 bits per heavy atom. The van der Waals surface area contributed by atoms with Crippen molar-refractivity contribution < 1.29 is 38.5 Å². The van der Waals surface area contributed by atoms with Gasteiger partial charge in [-0.3, -0.25) is 9.80 Å². The minimum atomic E-state index is 0.351. The van der Waals surface area contributed by atoms with E-state index in [1.807, 2.05) is 0 Å². The molecule has 0 unspecified atom stereocenters. The summed E-state index contributed by atoms with van der Waals surface area (Å²) in [6, 6.07) is 12.8. The van der Waals surface area contributed by atoms with Crippen molar-refractivity contribution in [2.24, 2.45) is 0 Å². The van der Waals surface area contributed by atoms with Crippen LogP contribution in [0.1, 0.15) is 11.1 Å². The molecule has 0 spiro atoms. The second-order valence-corrected chi connectivity index (χ2v) is 9.91. The van der Waals surface area contributed by atoms with Crippen molar-refractivity contribution in [3.8, 4) is 23.0 Å². The van der Waals surface area contributed by atoms with Gasteiger partial charge in [-0.2, -0.15) is 0 Å². The summed E-state index contributed by atoms with van der Waals surface area (Å²) >= 11 is 0. The molecule has 6 rings (SSSR count). The number of piperazine rings is 2.